The number of amides is 1. The molecule has 122 valence electrons. The van der Waals surface area contributed by atoms with Crippen LogP contribution in [0.5, 0.6) is 0 Å². The maximum absolute atomic E-state index is 11.9. The Kier molecular flexibility index (Phi) is 5.51. The average Bonchev–Trinajstić information content (AvgIpc) is 3.30. The van der Waals surface area contributed by atoms with Crippen LogP contribution in [0.3, 0.4) is 0 Å². The van der Waals surface area contributed by atoms with Gasteiger partial charge in [0.25, 0.3) is 0 Å². The molecule has 6 heteroatoms. The summed E-state index contributed by atoms with van der Waals surface area (Å²) in [5.41, 5.74) is 1.98. The largest absolute Gasteiger partial charge is 0.350 e. The first-order valence-electron chi connectivity index (χ1n) is 7.55. The molecule has 0 aliphatic carbocycles. The van der Waals surface area contributed by atoms with Crippen molar-refractivity contribution in [3.63, 3.8) is 0 Å². The van der Waals surface area contributed by atoms with Crippen molar-refractivity contribution in [3.05, 3.63) is 63.1 Å². The summed E-state index contributed by atoms with van der Waals surface area (Å²) >= 11 is 2.92. The van der Waals surface area contributed by atoms with E-state index in [4.69, 9.17) is 0 Å². The normalized spacial score (nSPS) is 10.5. The van der Waals surface area contributed by atoms with Gasteiger partial charge in [-0.2, -0.15) is 0 Å². The van der Waals surface area contributed by atoms with Crippen LogP contribution < -0.4 is 5.32 Å². The fourth-order valence-electron chi connectivity index (χ4n) is 2.18. The zero-order chi connectivity index (χ0) is 16.8. The van der Waals surface area contributed by atoms with E-state index < -0.39 is 0 Å². The van der Waals surface area contributed by atoms with Crippen molar-refractivity contribution in [3.8, 4) is 11.3 Å². The highest BCUT2D eigenvalue weighted by Gasteiger charge is 2.11. The lowest BCUT2D eigenvalue weighted by Gasteiger charge is -2.02. The zero-order valence-corrected chi connectivity index (χ0v) is 14.5. The van der Waals surface area contributed by atoms with E-state index in [2.05, 4.69) is 10.3 Å². The summed E-state index contributed by atoms with van der Waals surface area (Å²) in [6.45, 7) is 0.392. The number of Topliss-reactive ketones (excluding diaryl/α,β-unsaturated/α-hetero) is 1. The van der Waals surface area contributed by atoms with Crippen molar-refractivity contribution in [1.29, 1.82) is 0 Å². The predicted molar refractivity (Wildman–Crippen MR) is 97.3 cm³/mol. The number of nitrogens with zero attached hydrogens (tertiary/aromatic N) is 1. The van der Waals surface area contributed by atoms with Gasteiger partial charge in [-0.25, -0.2) is 4.98 Å². The van der Waals surface area contributed by atoms with E-state index in [-0.39, 0.29) is 24.5 Å². The van der Waals surface area contributed by atoms with E-state index in [1.807, 2.05) is 47.2 Å². The smallest absolute Gasteiger partial charge is 0.220 e. The molecule has 1 N–H and O–H groups in total. The average molecular weight is 356 g/mol. The van der Waals surface area contributed by atoms with Crippen LogP contribution in [0.2, 0.25) is 0 Å². The first-order chi connectivity index (χ1) is 11.7. The second kappa shape index (κ2) is 7.99. The lowest BCUT2D eigenvalue weighted by molar-refractivity contribution is -0.121. The first-order valence-corrected chi connectivity index (χ1v) is 9.31. The Labute approximate surface area is 148 Å². The summed E-state index contributed by atoms with van der Waals surface area (Å²) in [4.78, 5) is 29.0. The quantitative estimate of drug-likeness (QED) is 0.647. The van der Waals surface area contributed by atoms with E-state index in [1.165, 1.54) is 22.7 Å². The number of aromatic nitrogens is 1. The SMILES string of the molecule is O=C(CCC(=O)c1cccs1)NCc1nc(-c2ccccc2)cs1. The molecule has 0 atom stereocenters. The first kappa shape index (κ1) is 16.5. The standard InChI is InChI=1S/C18H16N2O2S2/c21-15(16-7-4-10-23-16)8-9-17(22)19-11-18-20-14(12-24-18)13-5-2-1-3-6-13/h1-7,10,12H,8-9,11H2,(H,19,22). The molecule has 3 rings (SSSR count). The van der Waals surface area contributed by atoms with Crippen LogP contribution in [0.1, 0.15) is 27.5 Å². The molecule has 3 aromatic rings. The van der Waals surface area contributed by atoms with Crippen molar-refractivity contribution >= 4 is 34.4 Å². The molecule has 0 radical (unpaired) electrons. The van der Waals surface area contributed by atoms with Gasteiger partial charge in [0.05, 0.1) is 17.1 Å². The van der Waals surface area contributed by atoms with Crippen LogP contribution in [0.4, 0.5) is 0 Å². The molecular weight excluding hydrogens is 340 g/mol. The van der Waals surface area contributed by atoms with Gasteiger partial charge in [-0.3, -0.25) is 9.59 Å². The summed E-state index contributed by atoms with van der Waals surface area (Å²) in [6, 6.07) is 13.5. The van der Waals surface area contributed by atoms with Crippen molar-refractivity contribution in [1.82, 2.24) is 10.3 Å². The highest BCUT2D eigenvalue weighted by molar-refractivity contribution is 7.12. The number of ketones is 1. The minimum absolute atomic E-state index is 0.0146. The zero-order valence-electron chi connectivity index (χ0n) is 12.9. The van der Waals surface area contributed by atoms with Crippen LogP contribution >= 0.6 is 22.7 Å². The lowest BCUT2D eigenvalue weighted by Crippen LogP contribution is -2.23. The van der Waals surface area contributed by atoms with Crippen molar-refractivity contribution in [2.24, 2.45) is 0 Å². The maximum Gasteiger partial charge on any atom is 0.220 e. The number of carbonyl (C=O) groups is 2. The number of rotatable bonds is 7. The molecule has 2 aromatic heterocycles. The van der Waals surface area contributed by atoms with E-state index >= 15 is 0 Å². The monoisotopic (exact) mass is 356 g/mol. The van der Waals surface area contributed by atoms with E-state index in [0.717, 1.165) is 16.3 Å². The van der Waals surface area contributed by atoms with E-state index in [9.17, 15) is 9.59 Å². The molecule has 0 unspecified atom stereocenters. The summed E-state index contributed by atoms with van der Waals surface area (Å²) in [5, 5.41) is 7.52. The highest BCUT2D eigenvalue weighted by Crippen LogP contribution is 2.21. The third-order valence-electron chi connectivity index (χ3n) is 3.43. The van der Waals surface area contributed by atoms with Crippen LogP contribution in [0.25, 0.3) is 11.3 Å². The number of nitrogens with one attached hydrogen (secondary N) is 1. The molecule has 2 heterocycles. The molecule has 4 nitrogen and oxygen atoms in total. The molecule has 0 fully saturated rings. The third kappa shape index (κ3) is 4.37. The van der Waals surface area contributed by atoms with Gasteiger partial charge in [-0.05, 0) is 11.4 Å². The minimum atomic E-state index is -0.128. The Bertz CT molecular complexity index is 811. The summed E-state index contributed by atoms with van der Waals surface area (Å²) < 4.78 is 0. The number of hydrogen-bond donors (Lipinski definition) is 1. The van der Waals surface area contributed by atoms with Crippen molar-refractivity contribution in [2.45, 2.75) is 19.4 Å². The second-order valence-corrected chi connectivity index (χ2v) is 7.06. The summed E-state index contributed by atoms with van der Waals surface area (Å²) in [6.07, 6.45) is 0.438. The topological polar surface area (TPSA) is 59.1 Å². The Hall–Kier alpha value is -2.31. The molecule has 1 amide bonds. The maximum atomic E-state index is 11.9. The van der Waals surface area contributed by atoms with Gasteiger partial charge in [0, 0.05) is 23.8 Å². The Morgan fingerprint density at radius 1 is 1.00 bits per heavy atom. The Balaban J connectivity index is 1.46. The second-order valence-electron chi connectivity index (χ2n) is 5.17. The molecule has 0 bridgehead atoms. The van der Waals surface area contributed by atoms with Gasteiger partial charge in [0.1, 0.15) is 5.01 Å². The van der Waals surface area contributed by atoms with Gasteiger partial charge in [-0.1, -0.05) is 36.4 Å². The predicted octanol–water partition coefficient (Wildman–Crippen LogP) is 4.15. The molecule has 1 aromatic carbocycles. The van der Waals surface area contributed by atoms with E-state index in [1.54, 1.807) is 6.07 Å². The minimum Gasteiger partial charge on any atom is -0.350 e. The van der Waals surface area contributed by atoms with Crippen molar-refractivity contribution in [2.75, 3.05) is 0 Å². The number of thiophene rings is 1. The lowest BCUT2D eigenvalue weighted by atomic mass is 10.2. The van der Waals surface area contributed by atoms with Gasteiger partial charge >= 0.3 is 0 Å². The van der Waals surface area contributed by atoms with Crippen LogP contribution in [-0.2, 0) is 11.3 Å². The fraction of sp³-hybridized carbons (Fsp3) is 0.167. The van der Waals surface area contributed by atoms with Crippen molar-refractivity contribution < 1.29 is 9.59 Å². The number of hydrogen-bond acceptors (Lipinski definition) is 5. The summed E-state index contributed by atoms with van der Waals surface area (Å²) in [5.74, 6) is -0.114. The summed E-state index contributed by atoms with van der Waals surface area (Å²) in [7, 11) is 0. The highest BCUT2D eigenvalue weighted by atomic mass is 32.1. The van der Waals surface area contributed by atoms with Gasteiger partial charge in [-0.15, -0.1) is 22.7 Å². The van der Waals surface area contributed by atoms with Gasteiger partial charge in [0.15, 0.2) is 5.78 Å². The number of carbonyl (C=O) groups excluding carboxylic acids is 2. The molecule has 0 saturated carbocycles. The number of thiazole rings is 1. The molecule has 0 aliphatic rings. The third-order valence-corrected chi connectivity index (χ3v) is 5.19. The Morgan fingerprint density at radius 3 is 2.58 bits per heavy atom. The molecule has 24 heavy (non-hydrogen) atoms. The molecule has 0 saturated heterocycles. The van der Waals surface area contributed by atoms with Crippen LogP contribution in [-0.4, -0.2) is 16.7 Å². The molecule has 0 aliphatic heterocycles. The van der Waals surface area contributed by atoms with Crippen LogP contribution in [0.15, 0.2) is 53.2 Å². The van der Waals surface area contributed by atoms with Gasteiger partial charge < -0.3 is 5.32 Å². The fourth-order valence-corrected chi connectivity index (χ4v) is 3.62. The van der Waals surface area contributed by atoms with E-state index in [0.29, 0.717) is 11.4 Å². The number of benzene rings is 1. The van der Waals surface area contributed by atoms with Crippen LogP contribution in [0, 0.1) is 0 Å². The molecular formula is C18H16N2O2S2. The van der Waals surface area contributed by atoms with Gasteiger partial charge in [0.2, 0.25) is 5.91 Å². The molecule has 0 spiro atoms. The Morgan fingerprint density at radius 2 is 1.83 bits per heavy atom.